The van der Waals surface area contributed by atoms with Gasteiger partial charge in [0.2, 0.25) is 0 Å². The molecule has 0 saturated carbocycles. The number of nitrogens with zero attached hydrogens (tertiary/aromatic N) is 1. The quantitative estimate of drug-likeness (QED) is 0.608. The van der Waals surface area contributed by atoms with Crippen molar-refractivity contribution in [1.82, 2.24) is 4.90 Å². The van der Waals surface area contributed by atoms with Gasteiger partial charge < -0.3 is 0 Å². The Morgan fingerprint density at radius 1 is 0.731 bits per heavy atom. The monoisotopic (exact) mass is 337 g/mol. The topological polar surface area (TPSA) is 20.3 Å². The summed E-state index contributed by atoms with van der Waals surface area (Å²) in [6.45, 7) is 0.551. The van der Waals surface area contributed by atoms with Gasteiger partial charge in [0.25, 0.3) is 5.91 Å². The molecule has 126 valence electrons. The van der Waals surface area contributed by atoms with Crippen LogP contribution in [0.3, 0.4) is 0 Å². The van der Waals surface area contributed by atoms with E-state index >= 15 is 0 Å². The number of hydrogen-bond donors (Lipinski definition) is 0. The number of allylic oxidation sites excluding steroid dienone is 1. The standard InChI is InChI=1S/C24H19NO/c26-24-22-16-8-7-15-21(22)23(17-9-14-19-10-3-1-4-11-19)25(24)18-20-12-5-2-6-13-20/h1-13,15-16H,14,18H2. The predicted octanol–water partition coefficient (Wildman–Crippen LogP) is 5.08. The highest BCUT2D eigenvalue weighted by Crippen LogP contribution is 2.33. The molecule has 0 bridgehead atoms. The van der Waals surface area contributed by atoms with Gasteiger partial charge >= 0.3 is 0 Å². The summed E-state index contributed by atoms with van der Waals surface area (Å²) in [5.74, 6) is 0.0417. The van der Waals surface area contributed by atoms with E-state index in [1.165, 1.54) is 5.56 Å². The molecule has 0 N–H and O–H groups in total. The van der Waals surface area contributed by atoms with Crippen LogP contribution in [-0.2, 0) is 13.0 Å². The fraction of sp³-hybridized carbons (Fsp3) is 0.0833. The summed E-state index contributed by atoms with van der Waals surface area (Å²) in [7, 11) is 0. The average Bonchev–Trinajstić information content (AvgIpc) is 2.96. The van der Waals surface area contributed by atoms with Crippen molar-refractivity contribution >= 4 is 11.6 Å². The molecule has 1 aliphatic rings. The highest BCUT2D eigenvalue weighted by molar-refractivity contribution is 6.09. The fourth-order valence-corrected chi connectivity index (χ4v) is 3.22. The number of benzene rings is 3. The summed E-state index contributed by atoms with van der Waals surface area (Å²) in [6, 6.07) is 28.1. The minimum absolute atomic E-state index is 0.0417. The Labute approximate surface area is 153 Å². The summed E-state index contributed by atoms with van der Waals surface area (Å²) in [4.78, 5) is 14.7. The van der Waals surface area contributed by atoms with Gasteiger partial charge in [-0.3, -0.25) is 9.69 Å². The number of carbonyl (C=O) groups excluding carboxylic acids is 1. The molecule has 3 aromatic carbocycles. The molecule has 0 unspecified atom stereocenters. The van der Waals surface area contributed by atoms with Crippen LogP contribution in [0.25, 0.3) is 5.70 Å². The maximum atomic E-state index is 12.9. The maximum Gasteiger partial charge on any atom is 0.259 e. The van der Waals surface area contributed by atoms with Crippen molar-refractivity contribution in [3.8, 4) is 0 Å². The largest absolute Gasteiger partial charge is 0.296 e. The second kappa shape index (κ2) is 7.26. The lowest BCUT2D eigenvalue weighted by Gasteiger charge is -2.17. The molecule has 2 nitrogen and oxygen atoms in total. The smallest absolute Gasteiger partial charge is 0.259 e. The zero-order valence-electron chi connectivity index (χ0n) is 14.4. The number of hydrogen-bond acceptors (Lipinski definition) is 1. The summed E-state index contributed by atoms with van der Waals surface area (Å²) in [5, 5.41) is 0. The Morgan fingerprint density at radius 3 is 2.00 bits per heavy atom. The maximum absolute atomic E-state index is 12.9. The van der Waals surface area contributed by atoms with Gasteiger partial charge in [0.1, 0.15) is 0 Å². The van der Waals surface area contributed by atoms with Gasteiger partial charge in [-0.05, 0) is 29.7 Å². The Morgan fingerprint density at radius 2 is 1.31 bits per heavy atom. The molecule has 0 spiro atoms. The lowest BCUT2D eigenvalue weighted by Crippen LogP contribution is -2.22. The molecule has 0 aromatic heterocycles. The van der Waals surface area contributed by atoms with Gasteiger partial charge in [-0.15, -0.1) is 0 Å². The van der Waals surface area contributed by atoms with E-state index in [2.05, 4.69) is 17.9 Å². The first kappa shape index (κ1) is 16.1. The van der Waals surface area contributed by atoms with Crippen molar-refractivity contribution < 1.29 is 4.79 Å². The van der Waals surface area contributed by atoms with Gasteiger partial charge in [0.05, 0.1) is 12.2 Å². The van der Waals surface area contributed by atoms with E-state index in [1.807, 2.05) is 83.8 Å². The minimum atomic E-state index is 0.0417. The van der Waals surface area contributed by atoms with Crippen molar-refractivity contribution in [1.29, 1.82) is 0 Å². The van der Waals surface area contributed by atoms with Crippen molar-refractivity contribution in [2.75, 3.05) is 0 Å². The number of amides is 1. The van der Waals surface area contributed by atoms with Crippen LogP contribution >= 0.6 is 0 Å². The van der Waals surface area contributed by atoms with Crippen LogP contribution < -0.4 is 0 Å². The van der Waals surface area contributed by atoms with Gasteiger partial charge in [-0.25, -0.2) is 0 Å². The molecule has 1 amide bonds. The third-order valence-electron chi connectivity index (χ3n) is 4.53. The minimum Gasteiger partial charge on any atom is -0.296 e. The van der Waals surface area contributed by atoms with E-state index in [0.717, 1.165) is 28.8 Å². The third-order valence-corrected chi connectivity index (χ3v) is 4.53. The second-order valence-corrected chi connectivity index (χ2v) is 6.31. The molecule has 1 heterocycles. The lowest BCUT2D eigenvalue weighted by molar-refractivity contribution is 0.0843. The molecule has 1 aliphatic heterocycles. The van der Waals surface area contributed by atoms with E-state index in [9.17, 15) is 4.79 Å². The van der Waals surface area contributed by atoms with E-state index in [1.54, 1.807) is 0 Å². The Hall–Kier alpha value is -3.35. The zero-order valence-corrected chi connectivity index (χ0v) is 14.4. The summed E-state index contributed by atoms with van der Waals surface area (Å²) >= 11 is 0. The SMILES string of the molecule is O=C1c2ccccc2C(=C=CCc2ccccc2)N1Cc1ccccc1. The predicted molar refractivity (Wildman–Crippen MR) is 104 cm³/mol. The van der Waals surface area contributed by atoms with Crippen LogP contribution in [0.1, 0.15) is 27.0 Å². The summed E-state index contributed by atoms with van der Waals surface area (Å²) in [5.41, 5.74) is 8.28. The number of fused-ring (bicyclic) bond motifs is 1. The normalized spacial score (nSPS) is 12.7. The van der Waals surface area contributed by atoms with Crippen LogP contribution in [0.2, 0.25) is 0 Å². The van der Waals surface area contributed by atoms with Crippen molar-refractivity contribution in [3.63, 3.8) is 0 Å². The van der Waals surface area contributed by atoms with E-state index in [-0.39, 0.29) is 5.91 Å². The van der Waals surface area contributed by atoms with Crippen LogP contribution in [0, 0.1) is 0 Å². The Balaban J connectivity index is 1.70. The van der Waals surface area contributed by atoms with Crippen molar-refractivity contribution in [3.05, 3.63) is 119 Å². The highest BCUT2D eigenvalue weighted by Gasteiger charge is 2.31. The third kappa shape index (κ3) is 3.23. The van der Waals surface area contributed by atoms with Gasteiger partial charge in [-0.1, -0.05) is 84.6 Å². The first-order chi connectivity index (χ1) is 12.8. The molecule has 0 atom stereocenters. The first-order valence-corrected chi connectivity index (χ1v) is 8.77. The van der Waals surface area contributed by atoms with Crippen LogP contribution in [0.15, 0.2) is 96.7 Å². The number of carbonyl (C=O) groups is 1. The fourth-order valence-electron chi connectivity index (χ4n) is 3.22. The number of rotatable bonds is 4. The van der Waals surface area contributed by atoms with E-state index in [0.29, 0.717) is 6.54 Å². The molecule has 0 radical (unpaired) electrons. The molecule has 26 heavy (non-hydrogen) atoms. The molecule has 0 fully saturated rings. The Kier molecular flexibility index (Phi) is 4.51. The molecule has 3 aromatic rings. The average molecular weight is 337 g/mol. The molecular weight excluding hydrogens is 318 g/mol. The summed E-state index contributed by atoms with van der Waals surface area (Å²) in [6.07, 6.45) is 2.80. The Bertz CT molecular complexity index is 983. The van der Waals surface area contributed by atoms with Crippen molar-refractivity contribution in [2.45, 2.75) is 13.0 Å². The zero-order chi connectivity index (χ0) is 17.8. The second-order valence-electron chi connectivity index (χ2n) is 6.31. The molecule has 4 rings (SSSR count). The summed E-state index contributed by atoms with van der Waals surface area (Å²) < 4.78 is 0. The van der Waals surface area contributed by atoms with Gasteiger partial charge in [-0.2, -0.15) is 0 Å². The molecular formula is C24H19NO. The highest BCUT2D eigenvalue weighted by atomic mass is 16.2. The van der Waals surface area contributed by atoms with Gasteiger partial charge in [0.15, 0.2) is 0 Å². The molecule has 2 heteroatoms. The van der Waals surface area contributed by atoms with Crippen LogP contribution in [-0.4, -0.2) is 10.8 Å². The van der Waals surface area contributed by atoms with Gasteiger partial charge in [0, 0.05) is 11.1 Å². The van der Waals surface area contributed by atoms with E-state index < -0.39 is 0 Å². The van der Waals surface area contributed by atoms with Crippen molar-refractivity contribution in [2.24, 2.45) is 0 Å². The molecule has 0 saturated heterocycles. The van der Waals surface area contributed by atoms with Crippen LogP contribution in [0.4, 0.5) is 0 Å². The molecule has 0 aliphatic carbocycles. The lowest BCUT2D eigenvalue weighted by atomic mass is 10.1. The first-order valence-electron chi connectivity index (χ1n) is 8.77. The van der Waals surface area contributed by atoms with Crippen LogP contribution in [0.5, 0.6) is 0 Å². The van der Waals surface area contributed by atoms with E-state index in [4.69, 9.17) is 0 Å².